The molecule has 0 saturated heterocycles. The minimum absolute atomic E-state index is 0.238. The Bertz CT molecular complexity index is 629. The van der Waals surface area contributed by atoms with Crippen LogP contribution < -0.4 is 11.1 Å². The topological polar surface area (TPSA) is 64.3 Å². The van der Waals surface area contributed by atoms with Crippen LogP contribution in [0, 0.1) is 0 Å². The van der Waals surface area contributed by atoms with E-state index in [0.717, 1.165) is 10.0 Å². The van der Waals surface area contributed by atoms with E-state index < -0.39 is 0 Å². The lowest BCUT2D eigenvalue weighted by molar-refractivity contribution is 0.102. The molecule has 0 atom stereocenters. The number of carbonyl (C=O) groups is 1. The van der Waals surface area contributed by atoms with Crippen LogP contribution in [0.4, 0.5) is 11.4 Å². The molecule has 0 spiro atoms. The summed E-state index contributed by atoms with van der Waals surface area (Å²) in [4.78, 5) is 12.2. The molecule has 4 nitrogen and oxygen atoms in total. The van der Waals surface area contributed by atoms with Gasteiger partial charge >= 0.3 is 0 Å². The molecule has 20 heavy (non-hydrogen) atoms. The maximum atomic E-state index is 12.2. The molecule has 3 N–H and O–H groups in total. The van der Waals surface area contributed by atoms with Crippen LogP contribution in [0.25, 0.3) is 0 Å². The van der Waals surface area contributed by atoms with Gasteiger partial charge in [-0.15, -0.1) is 0 Å². The molecule has 0 aliphatic carbocycles. The summed E-state index contributed by atoms with van der Waals surface area (Å²) in [5.74, 6) is -0.238. The van der Waals surface area contributed by atoms with E-state index in [2.05, 4.69) is 21.2 Å². The number of benzene rings is 2. The number of anilines is 2. The molecule has 2 aromatic carbocycles. The summed E-state index contributed by atoms with van der Waals surface area (Å²) in [6, 6.07) is 12.7. The van der Waals surface area contributed by atoms with Gasteiger partial charge in [0.25, 0.3) is 5.91 Å². The zero-order chi connectivity index (χ0) is 14.5. The fourth-order valence-electron chi connectivity index (χ4n) is 1.83. The van der Waals surface area contributed by atoms with Gasteiger partial charge in [0.05, 0.1) is 12.2 Å². The molecule has 0 unspecified atom stereocenters. The van der Waals surface area contributed by atoms with Crippen LogP contribution in [-0.2, 0) is 11.3 Å². The van der Waals surface area contributed by atoms with Gasteiger partial charge < -0.3 is 15.8 Å². The van der Waals surface area contributed by atoms with Crippen molar-refractivity contribution >= 4 is 33.2 Å². The number of amides is 1. The van der Waals surface area contributed by atoms with E-state index in [1.54, 1.807) is 25.3 Å². The zero-order valence-corrected chi connectivity index (χ0v) is 12.6. The van der Waals surface area contributed by atoms with E-state index in [-0.39, 0.29) is 5.91 Å². The second kappa shape index (κ2) is 6.54. The average molecular weight is 335 g/mol. The van der Waals surface area contributed by atoms with Crippen LogP contribution in [-0.4, -0.2) is 13.0 Å². The summed E-state index contributed by atoms with van der Waals surface area (Å²) in [6.07, 6.45) is 0. The normalized spacial score (nSPS) is 10.3. The maximum Gasteiger partial charge on any atom is 0.257 e. The van der Waals surface area contributed by atoms with Crippen LogP contribution in [0.15, 0.2) is 46.9 Å². The van der Waals surface area contributed by atoms with Crippen molar-refractivity contribution in [1.29, 1.82) is 0 Å². The third-order valence-electron chi connectivity index (χ3n) is 2.76. The van der Waals surface area contributed by atoms with Crippen molar-refractivity contribution in [2.45, 2.75) is 6.61 Å². The van der Waals surface area contributed by atoms with Gasteiger partial charge in [0.2, 0.25) is 0 Å². The van der Waals surface area contributed by atoms with Crippen LogP contribution in [0.5, 0.6) is 0 Å². The fourth-order valence-corrected chi connectivity index (χ4v) is 2.19. The number of ether oxygens (including phenoxy) is 1. The number of rotatable bonds is 4. The molecular formula is C15H15BrN2O2. The highest BCUT2D eigenvalue weighted by atomic mass is 79.9. The van der Waals surface area contributed by atoms with Gasteiger partial charge in [0.1, 0.15) is 0 Å². The van der Waals surface area contributed by atoms with Crippen molar-refractivity contribution in [2.24, 2.45) is 0 Å². The molecule has 2 rings (SSSR count). The molecule has 1 amide bonds. The van der Waals surface area contributed by atoms with Crippen LogP contribution >= 0.6 is 15.9 Å². The van der Waals surface area contributed by atoms with E-state index >= 15 is 0 Å². The number of hydrogen-bond donors (Lipinski definition) is 2. The number of carbonyl (C=O) groups excluding carboxylic acids is 1. The lowest BCUT2D eigenvalue weighted by Gasteiger charge is -2.09. The number of nitrogens with two attached hydrogens (primary N) is 1. The van der Waals surface area contributed by atoms with Crippen molar-refractivity contribution < 1.29 is 9.53 Å². The van der Waals surface area contributed by atoms with Crippen molar-refractivity contribution in [1.82, 2.24) is 0 Å². The lowest BCUT2D eigenvalue weighted by atomic mass is 10.1. The SMILES string of the molecule is COCc1cccc(NC(=O)c2cc(Br)ccc2N)c1. The third kappa shape index (κ3) is 3.59. The van der Waals surface area contributed by atoms with E-state index in [0.29, 0.717) is 23.5 Å². The zero-order valence-electron chi connectivity index (χ0n) is 11.0. The molecule has 0 aliphatic rings. The summed E-state index contributed by atoms with van der Waals surface area (Å²) in [5.41, 5.74) is 8.41. The maximum absolute atomic E-state index is 12.2. The number of halogens is 1. The molecule has 0 bridgehead atoms. The number of methoxy groups -OCH3 is 1. The van der Waals surface area contributed by atoms with Crippen molar-refractivity contribution in [2.75, 3.05) is 18.2 Å². The van der Waals surface area contributed by atoms with E-state index in [4.69, 9.17) is 10.5 Å². The van der Waals surface area contributed by atoms with Gasteiger partial charge in [-0.1, -0.05) is 28.1 Å². The summed E-state index contributed by atoms with van der Waals surface area (Å²) < 4.78 is 5.88. The first-order chi connectivity index (χ1) is 9.60. The van der Waals surface area contributed by atoms with Gasteiger partial charge in [-0.2, -0.15) is 0 Å². The summed E-state index contributed by atoms with van der Waals surface area (Å²) >= 11 is 3.33. The van der Waals surface area contributed by atoms with Gasteiger partial charge in [0, 0.05) is 23.0 Å². The molecule has 104 valence electrons. The first-order valence-electron chi connectivity index (χ1n) is 6.04. The Hall–Kier alpha value is -1.85. The highest BCUT2D eigenvalue weighted by Gasteiger charge is 2.10. The van der Waals surface area contributed by atoms with Crippen LogP contribution in [0.1, 0.15) is 15.9 Å². The van der Waals surface area contributed by atoms with Crippen LogP contribution in [0.3, 0.4) is 0 Å². The highest BCUT2D eigenvalue weighted by Crippen LogP contribution is 2.20. The fraction of sp³-hybridized carbons (Fsp3) is 0.133. The third-order valence-corrected chi connectivity index (χ3v) is 3.25. The molecule has 0 aliphatic heterocycles. The van der Waals surface area contributed by atoms with Crippen molar-refractivity contribution in [3.8, 4) is 0 Å². The lowest BCUT2D eigenvalue weighted by Crippen LogP contribution is -2.14. The highest BCUT2D eigenvalue weighted by molar-refractivity contribution is 9.10. The van der Waals surface area contributed by atoms with Crippen molar-refractivity contribution in [3.05, 3.63) is 58.1 Å². The quantitative estimate of drug-likeness (QED) is 0.842. The molecule has 0 saturated carbocycles. The Morgan fingerprint density at radius 3 is 2.85 bits per heavy atom. The van der Waals surface area contributed by atoms with Gasteiger partial charge in [-0.3, -0.25) is 4.79 Å². The predicted octanol–water partition coefficient (Wildman–Crippen LogP) is 3.43. The van der Waals surface area contributed by atoms with E-state index in [1.807, 2.05) is 24.3 Å². The minimum atomic E-state index is -0.238. The molecule has 0 aromatic heterocycles. The molecular weight excluding hydrogens is 320 g/mol. The molecule has 0 heterocycles. The standard InChI is InChI=1S/C15H15BrN2O2/c1-20-9-10-3-2-4-12(7-10)18-15(19)13-8-11(16)5-6-14(13)17/h2-8H,9,17H2,1H3,(H,18,19). The number of nitrogen functional groups attached to an aromatic ring is 1. The predicted molar refractivity (Wildman–Crippen MR) is 83.7 cm³/mol. The number of nitrogens with one attached hydrogen (secondary N) is 1. The molecule has 0 radical (unpaired) electrons. The Labute approximate surface area is 126 Å². The Balaban J connectivity index is 2.19. The summed E-state index contributed by atoms with van der Waals surface area (Å²) in [5, 5.41) is 2.83. The van der Waals surface area contributed by atoms with Gasteiger partial charge in [-0.25, -0.2) is 0 Å². The van der Waals surface area contributed by atoms with E-state index in [1.165, 1.54) is 0 Å². The van der Waals surface area contributed by atoms with Crippen LogP contribution in [0.2, 0.25) is 0 Å². The summed E-state index contributed by atoms with van der Waals surface area (Å²) in [6.45, 7) is 0.503. The molecule has 5 heteroatoms. The molecule has 2 aromatic rings. The van der Waals surface area contributed by atoms with Gasteiger partial charge in [-0.05, 0) is 35.9 Å². The van der Waals surface area contributed by atoms with Gasteiger partial charge in [0.15, 0.2) is 0 Å². The Morgan fingerprint density at radius 2 is 2.10 bits per heavy atom. The smallest absolute Gasteiger partial charge is 0.257 e. The number of hydrogen-bond acceptors (Lipinski definition) is 3. The largest absolute Gasteiger partial charge is 0.398 e. The first-order valence-corrected chi connectivity index (χ1v) is 6.83. The Morgan fingerprint density at radius 1 is 1.30 bits per heavy atom. The van der Waals surface area contributed by atoms with E-state index in [9.17, 15) is 4.79 Å². The first kappa shape index (κ1) is 14.6. The minimum Gasteiger partial charge on any atom is -0.398 e. The average Bonchev–Trinajstić information content (AvgIpc) is 2.42. The second-order valence-electron chi connectivity index (χ2n) is 4.32. The monoisotopic (exact) mass is 334 g/mol. The second-order valence-corrected chi connectivity index (χ2v) is 5.23. The molecule has 0 fully saturated rings. The Kier molecular flexibility index (Phi) is 4.76. The van der Waals surface area contributed by atoms with Crippen molar-refractivity contribution in [3.63, 3.8) is 0 Å². The summed E-state index contributed by atoms with van der Waals surface area (Å²) in [7, 11) is 1.63.